The molecule has 4 aliphatic rings. The number of fused-ring (bicyclic) bond motifs is 6. The number of amides is 2. The van der Waals surface area contributed by atoms with Gasteiger partial charge in [-0.3, -0.25) is 9.97 Å². The first kappa shape index (κ1) is 44.0. The first-order valence-corrected chi connectivity index (χ1v) is 22.4. The van der Waals surface area contributed by atoms with Crippen LogP contribution in [0.2, 0.25) is 5.15 Å². The van der Waals surface area contributed by atoms with Gasteiger partial charge in [-0.25, -0.2) is 14.6 Å². The van der Waals surface area contributed by atoms with Gasteiger partial charge in [-0.05, 0) is 117 Å². The highest BCUT2D eigenvalue weighted by Crippen LogP contribution is 2.67. The summed E-state index contributed by atoms with van der Waals surface area (Å²) in [6.07, 6.45) is 17.6. The number of likely N-dealkylation sites (N-methyl/N-ethyl adjacent to an activating group) is 2. The second-order valence-electron chi connectivity index (χ2n) is 18.9. The van der Waals surface area contributed by atoms with E-state index in [1.165, 1.54) is 33.6 Å². The van der Waals surface area contributed by atoms with E-state index in [0.29, 0.717) is 60.2 Å². The smallest absolute Gasteiger partial charge is 0.407 e. The van der Waals surface area contributed by atoms with Gasteiger partial charge in [0.1, 0.15) is 16.5 Å². The number of allylic oxidation sites excluding steroid dienone is 4. The van der Waals surface area contributed by atoms with E-state index in [2.05, 4.69) is 63.8 Å². The third kappa shape index (κ3) is 7.58. The van der Waals surface area contributed by atoms with Crippen molar-refractivity contribution in [1.29, 1.82) is 0 Å². The van der Waals surface area contributed by atoms with Crippen LogP contribution < -0.4 is 10.5 Å². The molecule has 0 radical (unpaired) electrons. The molecule has 1 unspecified atom stereocenters. The minimum absolute atomic E-state index is 0.0133. The molecular weight excluding hydrogens is 816 g/mol. The van der Waals surface area contributed by atoms with Gasteiger partial charge in [-0.2, -0.15) is 4.98 Å². The van der Waals surface area contributed by atoms with Gasteiger partial charge in [0.2, 0.25) is 5.95 Å². The Kier molecular flexibility index (Phi) is 11.8. The fraction of sp³-hybridized carbons (Fsp3) is 0.510. The van der Waals surface area contributed by atoms with Gasteiger partial charge in [0.15, 0.2) is 0 Å². The predicted molar refractivity (Wildman–Crippen MR) is 244 cm³/mol. The number of rotatable bonds is 10. The first-order chi connectivity index (χ1) is 30.0. The maximum atomic E-state index is 13.1. The Labute approximate surface area is 374 Å². The molecule has 332 valence electrons. The average Bonchev–Trinajstić information content (AvgIpc) is 3.79. The largest absolute Gasteiger partial charge is 0.496 e. The van der Waals surface area contributed by atoms with E-state index in [9.17, 15) is 19.8 Å². The van der Waals surface area contributed by atoms with Crippen LogP contribution >= 0.6 is 11.6 Å². The third-order valence-corrected chi connectivity index (χ3v) is 16.1. The Morgan fingerprint density at radius 2 is 1.84 bits per heavy atom. The zero-order valence-corrected chi connectivity index (χ0v) is 38.2. The quantitative estimate of drug-likeness (QED) is 0.0792. The molecule has 0 saturated heterocycles. The van der Waals surface area contributed by atoms with Crippen LogP contribution in [-0.2, 0) is 6.54 Å². The lowest BCUT2D eigenvalue weighted by Gasteiger charge is -2.59. The Hall–Kier alpha value is -5.61. The van der Waals surface area contributed by atoms with E-state index >= 15 is 0 Å². The van der Waals surface area contributed by atoms with Gasteiger partial charge < -0.3 is 35.1 Å². The number of nitrogens with two attached hydrogens (primary N) is 1. The van der Waals surface area contributed by atoms with Crippen molar-refractivity contribution >= 4 is 46.3 Å². The van der Waals surface area contributed by atoms with Crippen molar-refractivity contribution in [2.24, 2.45) is 34.5 Å². The number of methoxy groups -OCH3 is 1. The van der Waals surface area contributed by atoms with Crippen molar-refractivity contribution in [3.8, 4) is 17.6 Å². The number of anilines is 1. The summed E-state index contributed by atoms with van der Waals surface area (Å²) < 4.78 is 7.55. The van der Waals surface area contributed by atoms with Crippen molar-refractivity contribution in [3.05, 3.63) is 87.7 Å². The monoisotopic (exact) mass is 874 g/mol. The zero-order chi connectivity index (χ0) is 45.0. The molecule has 63 heavy (non-hydrogen) atoms. The summed E-state index contributed by atoms with van der Waals surface area (Å²) in [5.74, 6) is 8.92. The molecule has 4 aliphatic carbocycles. The number of nitrogen functional groups attached to an aromatic ring is 1. The number of ether oxygens (including phenoxy) is 1. The summed E-state index contributed by atoms with van der Waals surface area (Å²) in [7, 11) is 4.75. The fourth-order valence-electron chi connectivity index (χ4n) is 12.5. The molecular formula is C49H59ClN8O5. The molecule has 0 bridgehead atoms. The van der Waals surface area contributed by atoms with E-state index in [-0.39, 0.29) is 34.4 Å². The number of halogens is 1. The maximum absolute atomic E-state index is 13.1. The molecule has 0 aliphatic heterocycles. The number of hydrogen-bond donors (Lipinski definition) is 3. The van der Waals surface area contributed by atoms with E-state index in [4.69, 9.17) is 22.1 Å². The fourth-order valence-corrected chi connectivity index (χ4v) is 12.8. The van der Waals surface area contributed by atoms with Gasteiger partial charge in [0.05, 0.1) is 35.8 Å². The minimum atomic E-state index is -1.11. The Bertz CT molecular complexity index is 2580. The summed E-state index contributed by atoms with van der Waals surface area (Å²) in [6.45, 7) is 9.19. The number of pyridine rings is 2. The Balaban J connectivity index is 1.09. The van der Waals surface area contributed by atoms with Gasteiger partial charge in [0.25, 0.3) is 0 Å². The Morgan fingerprint density at radius 3 is 2.56 bits per heavy atom. The van der Waals surface area contributed by atoms with Crippen LogP contribution in [0.4, 0.5) is 15.5 Å². The van der Waals surface area contributed by atoms with Gasteiger partial charge in [0, 0.05) is 63.0 Å². The highest BCUT2D eigenvalue weighted by molar-refractivity contribution is 6.34. The molecule has 4 aromatic heterocycles. The van der Waals surface area contributed by atoms with E-state index in [1.807, 2.05) is 43.1 Å². The van der Waals surface area contributed by atoms with E-state index in [0.717, 1.165) is 61.1 Å². The molecule has 4 aromatic rings. The lowest BCUT2D eigenvalue weighted by molar-refractivity contribution is -0.0357. The molecule has 13 nitrogen and oxygen atoms in total. The standard InChI is InChI=1S/C49H59ClN8O5/c1-29-24-53-39(30(2)41(29)63-7)27-58-26-32(40-42(50)54-44(51)55-43(40)58)11-8-9-19-49(57(6)46(61)62,28-56(5)45(59)60)34-17-20-47(3)33(23-34)13-14-35-37-16-15-36(31-12-10-22-52-25-31)48(37,4)21-18-38(35)47/h10,12-13,15,22,24-26,34-35,37-38H,9,14,16-21,23,27-28H2,1-7H3,(H,59,60)(H,61,62)(H2,51,54,55)/t34-,35-,37-,38-,47-,48+,49?/m0/s1. The van der Waals surface area contributed by atoms with Gasteiger partial charge in [-0.1, -0.05) is 61.1 Å². The molecule has 0 aromatic carbocycles. The highest BCUT2D eigenvalue weighted by atomic mass is 35.5. The normalized spacial score (nSPS) is 25.9. The lowest BCUT2D eigenvalue weighted by atomic mass is 9.46. The second kappa shape index (κ2) is 16.8. The van der Waals surface area contributed by atoms with Gasteiger partial charge >= 0.3 is 12.2 Å². The topological polar surface area (TPSA) is 173 Å². The van der Waals surface area contributed by atoms with Crippen molar-refractivity contribution < 1.29 is 24.5 Å². The summed E-state index contributed by atoms with van der Waals surface area (Å²) in [4.78, 5) is 46.1. The molecule has 2 amide bonds. The maximum Gasteiger partial charge on any atom is 0.407 e. The molecule has 7 atom stereocenters. The van der Waals surface area contributed by atoms with Gasteiger partial charge in [-0.15, -0.1) is 0 Å². The van der Waals surface area contributed by atoms with Crippen LogP contribution in [0.3, 0.4) is 0 Å². The van der Waals surface area contributed by atoms with Crippen molar-refractivity contribution in [2.45, 2.75) is 97.6 Å². The van der Waals surface area contributed by atoms with Crippen molar-refractivity contribution in [1.82, 2.24) is 34.3 Å². The molecule has 8 rings (SSSR count). The summed E-state index contributed by atoms with van der Waals surface area (Å²) in [5.41, 5.74) is 12.9. The van der Waals surface area contributed by atoms with E-state index in [1.54, 1.807) is 20.4 Å². The van der Waals surface area contributed by atoms with Crippen molar-refractivity contribution in [2.75, 3.05) is 33.5 Å². The molecule has 4 heterocycles. The SMILES string of the molecule is COc1c(C)cnc(Cn2cc(C#CCCC(CN(C)C(=O)O)([C@H]3CC[C@@]4(C)C(=CC[C@@H]5[C@@H]4CC[C@]4(C)C(c6cccnc6)=CC[C@@H]54)C3)N(C)C(=O)O)c3c(Cl)nc(N)nc32)c1C. The number of carboxylic acid groups (broad SMARTS) is 2. The number of nitrogens with zero attached hydrogens (tertiary/aromatic N) is 7. The molecule has 14 heteroatoms. The average molecular weight is 876 g/mol. The van der Waals surface area contributed by atoms with Crippen LogP contribution in [-0.4, -0.2) is 90.0 Å². The lowest BCUT2D eigenvalue weighted by Crippen LogP contribution is -2.62. The van der Waals surface area contributed by atoms with E-state index < -0.39 is 17.7 Å². The Morgan fingerprint density at radius 1 is 1.06 bits per heavy atom. The van der Waals surface area contributed by atoms with Crippen LogP contribution in [0.1, 0.15) is 99.6 Å². The minimum Gasteiger partial charge on any atom is -0.496 e. The second-order valence-corrected chi connectivity index (χ2v) is 19.3. The highest BCUT2D eigenvalue weighted by Gasteiger charge is 2.58. The summed E-state index contributed by atoms with van der Waals surface area (Å²) >= 11 is 6.72. The molecule has 0 spiro atoms. The molecule has 2 saturated carbocycles. The number of carbonyl (C=O) groups is 2. The predicted octanol–water partition coefficient (Wildman–Crippen LogP) is 9.49. The summed E-state index contributed by atoms with van der Waals surface area (Å²) in [6, 6.07) is 4.22. The number of hydrogen-bond acceptors (Lipinski definition) is 8. The van der Waals surface area contributed by atoms with Crippen LogP contribution in [0.5, 0.6) is 5.75 Å². The number of aryl methyl sites for hydroxylation is 1. The molecule has 4 N–H and O–H groups in total. The zero-order valence-electron chi connectivity index (χ0n) is 37.4. The van der Waals surface area contributed by atoms with Crippen LogP contribution in [0, 0.1) is 60.2 Å². The first-order valence-electron chi connectivity index (χ1n) is 22.0. The number of aromatic nitrogens is 5. The third-order valence-electron chi connectivity index (χ3n) is 15.9. The summed E-state index contributed by atoms with van der Waals surface area (Å²) in [5, 5.41) is 21.6. The molecule has 2 fully saturated rings. The van der Waals surface area contributed by atoms with Crippen molar-refractivity contribution in [3.63, 3.8) is 0 Å². The van der Waals surface area contributed by atoms with Crippen LogP contribution in [0.15, 0.2) is 54.6 Å². The van der Waals surface area contributed by atoms with Crippen LogP contribution in [0.25, 0.3) is 16.6 Å².